The van der Waals surface area contributed by atoms with Crippen molar-refractivity contribution >= 4 is 5.69 Å². The van der Waals surface area contributed by atoms with Gasteiger partial charge >= 0.3 is 0 Å². The van der Waals surface area contributed by atoms with E-state index in [1.165, 1.54) is 0 Å². The number of rotatable bonds is 1. The zero-order valence-corrected chi connectivity index (χ0v) is 8.18. The van der Waals surface area contributed by atoms with Crippen molar-refractivity contribution in [3.63, 3.8) is 0 Å². The van der Waals surface area contributed by atoms with E-state index in [4.69, 9.17) is 5.73 Å². The fourth-order valence-corrected chi connectivity index (χ4v) is 1.47. The monoisotopic (exact) mass is 223 g/mol. The summed E-state index contributed by atoms with van der Waals surface area (Å²) in [6.07, 6.45) is 0. The van der Waals surface area contributed by atoms with E-state index in [1.54, 1.807) is 24.3 Å². The van der Waals surface area contributed by atoms with Gasteiger partial charge in [-0.05, 0) is 23.8 Å². The van der Waals surface area contributed by atoms with E-state index in [-0.39, 0.29) is 5.56 Å². The van der Waals surface area contributed by atoms with Gasteiger partial charge in [0.25, 0.3) is 0 Å². The van der Waals surface area contributed by atoms with Crippen LogP contribution in [0.2, 0.25) is 0 Å². The number of halogens is 3. The fourth-order valence-electron chi connectivity index (χ4n) is 1.47. The summed E-state index contributed by atoms with van der Waals surface area (Å²) in [6, 6.07) is 8.45. The number of nitrogens with two attached hydrogens (primary N) is 1. The molecule has 16 heavy (non-hydrogen) atoms. The highest BCUT2D eigenvalue weighted by Gasteiger charge is 2.12. The second-order valence-corrected chi connectivity index (χ2v) is 3.34. The predicted molar refractivity (Wildman–Crippen MR) is 56.2 cm³/mol. The molecule has 0 aromatic heterocycles. The molecule has 2 aromatic rings. The predicted octanol–water partition coefficient (Wildman–Crippen LogP) is 3.35. The van der Waals surface area contributed by atoms with E-state index in [0.717, 1.165) is 12.1 Å². The van der Waals surface area contributed by atoms with Crippen molar-refractivity contribution in [3.8, 4) is 11.1 Å². The first-order valence-corrected chi connectivity index (χ1v) is 4.59. The summed E-state index contributed by atoms with van der Waals surface area (Å²) < 4.78 is 38.7. The molecule has 0 aliphatic rings. The zero-order valence-electron chi connectivity index (χ0n) is 8.18. The lowest BCUT2D eigenvalue weighted by molar-refractivity contribution is 0.448. The van der Waals surface area contributed by atoms with Crippen LogP contribution in [0.15, 0.2) is 36.4 Å². The molecule has 0 saturated carbocycles. The molecule has 0 saturated heterocycles. The highest BCUT2D eigenvalue weighted by atomic mass is 19.2. The number of para-hydroxylation sites is 1. The Kier molecular flexibility index (Phi) is 2.56. The third-order valence-corrected chi connectivity index (χ3v) is 2.26. The molecule has 0 bridgehead atoms. The molecular weight excluding hydrogens is 215 g/mol. The van der Waals surface area contributed by atoms with Crippen LogP contribution in [0.4, 0.5) is 18.9 Å². The zero-order chi connectivity index (χ0) is 11.7. The van der Waals surface area contributed by atoms with E-state index >= 15 is 0 Å². The van der Waals surface area contributed by atoms with Crippen molar-refractivity contribution in [3.05, 3.63) is 53.8 Å². The third kappa shape index (κ3) is 1.74. The fraction of sp³-hybridized carbons (Fsp3) is 0. The van der Waals surface area contributed by atoms with E-state index in [9.17, 15) is 13.2 Å². The smallest absolute Gasteiger partial charge is 0.194 e. The van der Waals surface area contributed by atoms with Gasteiger partial charge in [0.05, 0.1) is 0 Å². The summed E-state index contributed by atoms with van der Waals surface area (Å²) in [5.74, 6) is -3.92. The molecule has 0 aliphatic heterocycles. The molecule has 4 heteroatoms. The Bertz CT molecular complexity index is 515. The van der Waals surface area contributed by atoms with Gasteiger partial charge in [-0.1, -0.05) is 18.2 Å². The van der Waals surface area contributed by atoms with Crippen LogP contribution in [0, 0.1) is 17.5 Å². The van der Waals surface area contributed by atoms with E-state index in [2.05, 4.69) is 0 Å². The second-order valence-electron chi connectivity index (χ2n) is 3.34. The highest BCUT2D eigenvalue weighted by Crippen LogP contribution is 2.27. The molecule has 0 unspecified atom stereocenters. The molecule has 0 atom stereocenters. The third-order valence-electron chi connectivity index (χ3n) is 2.26. The number of anilines is 1. The molecule has 0 spiro atoms. The summed E-state index contributed by atoms with van der Waals surface area (Å²) in [4.78, 5) is 0. The largest absolute Gasteiger partial charge is 0.398 e. The molecule has 0 heterocycles. The molecule has 1 nitrogen and oxygen atoms in total. The van der Waals surface area contributed by atoms with Crippen LogP contribution in [-0.2, 0) is 0 Å². The van der Waals surface area contributed by atoms with Gasteiger partial charge < -0.3 is 5.73 Å². The lowest BCUT2D eigenvalue weighted by Gasteiger charge is -2.06. The van der Waals surface area contributed by atoms with Gasteiger partial charge in [0, 0.05) is 11.3 Å². The second kappa shape index (κ2) is 3.89. The van der Waals surface area contributed by atoms with E-state index in [0.29, 0.717) is 11.3 Å². The van der Waals surface area contributed by atoms with Crippen LogP contribution in [0.25, 0.3) is 11.1 Å². The van der Waals surface area contributed by atoms with Crippen molar-refractivity contribution in [1.82, 2.24) is 0 Å². The van der Waals surface area contributed by atoms with Gasteiger partial charge in [-0.2, -0.15) is 0 Å². The first kappa shape index (κ1) is 10.5. The quantitative estimate of drug-likeness (QED) is 0.582. The number of hydrogen-bond donors (Lipinski definition) is 1. The van der Waals surface area contributed by atoms with E-state index in [1.807, 2.05) is 0 Å². The molecule has 2 N–H and O–H groups in total. The van der Waals surface area contributed by atoms with Gasteiger partial charge in [-0.25, -0.2) is 13.2 Å². The Morgan fingerprint density at radius 3 is 2.00 bits per heavy atom. The average molecular weight is 223 g/mol. The summed E-state index contributed by atoms with van der Waals surface area (Å²) in [7, 11) is 0. The van der Waals surface area contributed by atoms with Crippen LogP contribution in [-0.4, -0.2) is 0 Å². The Hall–Kier alpha value is -1.97. The standard InChI is InChI=1S/C12H8F3N/c13-9-5-7(6-10(14)12(9)15)8-3-1-2-4-11(8)16/h1-6H,16H2. The summed E-state index contributed by atoms with van der Waals surface area (Å²) in [5, 5.41) is 0. The maximum absolute atomic E-state index is 13.0. The molecule has 0 aliphatic carbocycles. The molecule has 2 rings (SSSR count). The maximum Gasteiger partial charge on any atom is 0.194 e. The van der Waals surface area contributed by atoms with Crippen molar-refractivity contribution < 1.29 is 13.2 Å². The summed E-state index contributed by atoms with van der Waals surface area (Å²) in [5.41, 5.74) is 6.72. The molecule has 0 radical (unpaired) electrons. The molecule has 82 valence electrons. The molecule has 0 fully saturated rings. The highest BCUT2D eigenvalue weighted by molar-refractivity contribution is 5.76. The van der Waals surface area contributed by atoms with Crippen molar-refractivity contribution in [2.45, 2.75) is 0 Å². The van der Waals surface area contributed by atoms with Crippen LogP contribution in [0.3, 0.4) is 0 Å². The van der Waals surface area contributed by atoms with Crippen LogP contribution in [0.1, 0.15) is 0 Å². The number of nitrogen functional groups attached to an aromatic ring is 1. The van der Waals surface area contributed by atoms with Gasteiger partial charge in [-0.15, -0.1) is 0 Å². The molecular formula is C12H8F3N. The van der Waals surface area contributed by atoms with Gasteiger partial charge in [-0.3, -0.25) is 0 Å². The summed E-state index contributed by atoms with van der Waals surface area (Å²) >= 11 is 0. The molecule has 0 amide bonds. The average Bonchev–Trinajstić information content (AvgIpc) is 2.26. The Balaban J connectivity index is 2.62. The van der Waals surface area contributed by atoms with Crippen molar-refractivity contribution in [2.24, 2.45) is 0 Å². The lowest BCUT2D eigenvalue weighted by Crippen LogP contribution is -1.94. The minimum atomic E-state index is -1.47. The normalized spacial score (nSPS) is 10.4. The van der Waals surface area contributed by atoms with Crippen LogP contribution >= 0.6 is 0 Å². The topological polar surface area (TPSA) is 26.0 Å². The number of hydrogen-bond acceptors (Lipinski definition) is 1. The first-order valence-electron chi connectivity index (χ1n) is 4.59. The maximum atomic E-state index is 13.0. The Morgan fingerprint density at radius 1 is 0.875 bits per heavy atom. The Labute approximate surface area is 90.3 Å². The van der Waals surface area contributed by atoms with Crippen LogP contribution in [0.5, 0.6) is 0 Å². The first-order chi connectivity index (χ1) is 7.59. The lowest BCUT2D eigenvalue weighted by atomic mass is 10.0. The minimum absolute atomic E-state index is 0.217. The van der Waals surface area contributed by atoms with Gasteiger partial charge in [0.15, 0.2) is 17.5 Å². The van der Waals surface area contributed by atoms with E-state index < -0.39 is 17.5 Å². The minimum Gasteiger partial charge on any atom is -0.398 e. The van der Waals surface area contributed by atoms with Gasteiger partial charge in [0.1, 0.15) is 0 Å². The SMILES string of the molecule is Nc1ccccc1-c1cc(F)c(F)c(F)c1. The van der Waals surface area contributed by atoms with Crippen LogP contribution < -0.4 is 5.73 Å². The Morgan fingerprint density at radius 2 is 1.44 bits per heavy atom. The summed E-state index contributed by atoms with van der Waals surface area (Å²) in [6.45, 7) is 0. The number of benzene rings is 2. The van der Waals surface area contributed by atoms with Crippen molar-refractivity contribution in [2.75, 3.05) is 5.73 Å². The molecule has 2 aromatic carbocycles. The van der Waals surface area contributed by atoms with Gasteiger partial charge in [0.2, 0.25) is 0 Å². The van der Waals surface area contributed by atoms with Crippen molar-refractivity contribution in [1.29, 1.82) is 0 Å².